The molecule has 2 heterocycles. The van der Waals surface area contributed by atoms with Crippen LogP contribution in [-0.4, -0.2) is 140 Å². The monoisotopic (exact) mass is 870 g/mol. The molecule has 0 aromatic rings. The molecule has 0 aromatic carbocycles. The van der Waals surface area contributed by atoms with Gasteiger partial charge in [-0.3, -0.25) is 4.79 Å². The van der Waals surface area contributed by atoms with Gasteiger partial charge in [-0.1, -0.05) is 133 Å². The Balaban J connectivity index is 1.92. The van der Waals surface area contributed by atoms with Gasteiger partial charge in [0.15, 0.2) is 12.6 Å². The Labute approximate surface area is 365 Å². The molecule has 2 aliphatic rings. The van der Waals surface area contributed by atoms with Crippen molar-refractivity contribution in [2.75, 3.05) is 19.8 Å². The van der Waals surface area contributed by atoms with Crippen LogP contribution in [0, 0.1) is 0 Å². The lowest BCUT2D eigenvalue weighted by Crippen LogP contribution is -2.65. The van der Waals surface area contributed by atoms with Crippen LogP contribution in [0.25, 0.3) is 0 Å². The quantitative estimate of drug-likeness (QED) is 0.0309. The summed E-state index contributed by atoms with van der Waals surface area (Å²) in [4.78, 5) is 13.1. The minimum atomic E-state index is -1.79. The highest BCUT2D eigenvalue weighted by Gasteiger charge is 2.50. The highest BCUT2D eigenvalue weighted by atomic mass is 16.7. The van der Waals surface area contributed by atoms with Crippen LogP contribution in [0.5, 0.6) is 0 Å². The standard InChI is InChI=1S/C47H83NO13/c1-3-5-7-9-11-13-15-17-19-21-23-25-27-29-31-39(52)48-35(36(51)30-28-26-24-22-20-18-16-14-12-10-8-6-4-2)34-58-46-44(57)42(55)45(38(33-50)60-46)61-47-43(56)41(54)40(53)37(32-49)59-47/h9,11,15,17,20,22,28,30,35-38,40-47,49-51,53-57H,3-8,10,12-14,16,18-19,21,23-27,29,31-34H2,1-2H3,(H,48,52)/b11-9-,17-15-,22-20+,30-28+. The third-order valence-corrected chi connectivity index (χ3v) is 11.2. The zero-order valence-corrected chi connectivity index (χ0v) is 37.1. The second-order valence-corrected chi connectivity index (χ2v) is 16.5. The number of rotatable bonds is 34. The maximum absolute atomic E-state index is 13.1. The molecule has 0 radical (unpaired) electrons. The topological polar surface area (TPSA) is 228 Å². The molecular formula is C47H83NO13. The van der Waals surface area contributed by atoms with Gasteiger partial charge in [-0.05, 0) is 57.8 Å². The fourth-order valence-electron chi connectivity index (χ4n) is 7.32. The van der Waals surface area contributed by atoms with Gasteiger partial charge in [-0.25, -0.2) is 0 Å². The summed E-state index contributed by atoms with van der Waals surface area (Å²) < 4.78 is 22.6. The molecule has 2 aliphatic heterocycles. The third kappa shape index (κ3) is 22.4. The summed E-state index contributed by atoms with van der Waals surface area (Å²) in [5, 5.41) is 86.4. The largest absolute Gasteiger partial charge is 0.394 e. The molecule has 0 aromatic heterocycles. The first-order valence-electron chi connectivity index (χ1n) is 23.4. The fourth-order valence-corrected chi connectivity index (χ4v) is 7.32. The van der Waals surface area contributed by atoms with E-state index in [2.05, 4.69) is 55.6 Å². The molecule has 14 nitrogen and oxygen atoms in total. The molecule has 61 heavy (non-hydrogen) atoms. The van der Waals surface area contributed by atoms with E-state index in [1.807, 2.05) is 6.08 Å². The van der Waals surface area contributed by atoms with E-state index >= 15 is 0 Å². The Bertz CT molecular complexity index is 1210. The molecule has 354 valence electrons. The molecule has 0 aliphatic carbocycles. The van der Waals surface area contributed by atoms with E-state index < -0.39 is 86.8 Å². The number of carbonyl (C=O) groups is 1. The molecule has 14 heteroatoms. The molecule has 2 fully saturated rings. The maximum atomic E-state index is 13.1. The SMILES string of the molecule is CCCC/C=C\C/C=C\CCCCCCCC(=O)NC(COC1OC(CO)C(OC2OC(CO)C(O)C(O)C2O)C(O)C1O)C(O)/C=C/CC/C=C/CCCCCCCCC. The first-order valence-corrected chi connectivity index (χ1v) is 23.4. The fraction of sp³-hybridized carbons (Fsp3) is 0.809. The summed E-state index contributed by atoms with van der Waals surface area (Å²) in [7, 11) is 0. The van der Waals surface area contributed by atoms with Gasteiger partial charge in [0.2, 0.25) is 5.91 Å². The number of ether oxygens (including phenoxy) is 4. The second-order valence-electron chi connectivity index (χ2n) is 16.5. The van der Waals surface area contributed by atoms with Gasteiger partial charge in [0.05, 0.1) is 32.0 Å². The second kappa shape index (κ2) is 34.4. The molecule has 12 unspecified atom stereocenters. The van der Waals surface area contributed by atoms with E-state index in [-0.39, 0.29) is 18.9 Å². The minimum Gasteiger partial charge on any atom is -0.394 e. The van der Waals surface area contributed by atoms with E-state index in [9.17, 15) is 45.6 Å². The first kappa shape index (κ1) is 55.1. The summed E-state index contributed by atoms with van der Waals surface area (Å²) in [6.07, 6.45) is 21.6. The molecule has 0 saturated carbocycles. The number of amides is 1. The summed E-state index contributed by atoms with van der Waals surface area (Å²) in [5.74, 6) is -0.268. The zero-order valence-electron chi connectivity index (χ0n) is 37.1. The van der Waals surface area contributed by atoms with Gasteiger partial charge in [-0.15, -0.1) is 0 Å². The van der Waals surface area contributed by atoms with E-state index in [4.69, 9.17) is 18.9 Å². The summed E-state index contributed by atoms with van der Waals surface area (Å²) in [5.41, 5.74) is 0. The molecule has 2 saturated heterocycles. The Kier molecular flexibility index (Phi) is 31.0. The van der Waals surface area contributed by atoms with Gasteiger partial charge >= 0.3 is 0 Å². The minimum absolute atomic E-state index is 0.256. The van der Waals surface area contributed by atoms with Crippen LogP contribution < -0.4 is 5.32 Å². The van der Waals surface area contributed by atoms with Crippen molar-refractivity contribution in [3.8, 4) is 0 Å². The van der Waals surface area contributed by atoms with Gasteiger partial charge < -0.3 is 65.1 Å². The van der Waals surface area contributed by atoms with Gasteiger partial charge in [0.25, 0.3) is 0 Å². The van der Waals surface area contributed by atoms with E-state index in [1.165, 1.54) is 57.8 Å². The van der Waals surface area contributed by atoms with Gasteiger partial charge in [0.1, 0.15) is 48.8 Å². The van der Waals surface area contributed by atoms with Crippen molar-refractivity contribution in [3.05, 3.63) is 48.6 Å². The van der Waals surface area contributed by atoms with Crippen LogP contribution in [0.1, 0.15) is 149 Å². The number of allylic oxidation sites excluding steroid dienone is 7. The van der Waals surface area contributed by atoms with Crippen molar-refractivity contribution in [2.45, 2.75) is 222 Å². The number of nitrogens with one attached hydrogen (secondary N) is 1. The number of carbonyl (C=O) groups excluding carboxylic acids is 1. The van der Waals surface area contributed by atoms with Crippen molar-refractivity contribution >= 4 is 5.91 Å². The Hall–Kier alpha value is -2.05. The molecule has 1 amide bonds. The van der Waals surface area contributed by atoms with Crippen LogP contribution in [0.2, 0.25) is 0 Å². The number of hydrogen-bond acceptors (Lipinski definition) is 13. The number of aliphatic hydroxyl groups excluding tert-OH is 8. The highest BCUT2D eigenvalue weighted by molar-refractivity contribution is 5.76. The van der Waals surface area contributed by atoms with Crippen LogP contribution in [0.15, 0.2) is 48.6 Å². The van der Waals surface area contributed by atoms with Crippen LogP contribution in [-0.2, 0) is 23.7 Å². The molecule has 0 bridgehead atoms. The van der Waals surface area contributed by atoms with Crippen molar-refractivity contribution in [1.82, 2.24) is 5.32 Å². The Morgan fingerprint density at radius 2 is 1.11 bits per heavy atom. The number of hydrogen-bond donors (Lipinski definition) is 9. The van der Waals surface area contributed by atoms with Crippen molar-refractivity contribution in [1.29, 1.82) is 0 Å². The van der Waals surface area contributed by atoms with Gasteiger partial charge in [0, 0.05) is 6.42 Å². The first-order chi connectivity index (χ1) is 29.6. The average Bonchev–Trinajstić information content (AvgIpc) is 3.26. The van der Waals surface area contributed by atoms with Crippen molar-refractivity contribution in [2.24, 2.45) is 0 Å². The zero-order chi connectivity index (χ0) is 44.7. The molecule has 2 rings (SSSR count). The predicted octanol–water partition coefficient (Wildman–Crippen LogP) is 4.93. The lowest BCUT2D eigenvalue weighted by atomic mass is 9.97. The van der Waals surface area contributed by atoms with E-state index in [0.29, 0.717) is 12.8 Å². The number of unbranched alkanes of at least 4 members (excludes halogenated alkanes) is 15. The van der Waals surface area contributed by atoms with Crippen LogP contribution in [0.3, 0.4) is 0 Å². The van der Waals surface area contributed by atoms with Crippen LogP contribution in [0.4, 0.5) is 0 Å². The Morgan fingerprint density at radius 1 is 0.590 bits per heavy atom. The summed E-state index contributed by atoms with van der Waals surface area (Å²) >= 11 is 0. The summed E-state index contributed by atoms with van der Waals surface area (Å²) in [6.45, 7) is 2.67. The summed E-state index contributed by atoms with van der Waals surface area (Å²) in [6, 6.07) is -0.937. The third-order valence-electron chi connectivity index (χ3n) is 11.2. The maximum Gasteiger partial charge on any atom is 0.220 e. The lowest BCUT2D eigenvalue weighted by Gasteiger charge is -2.46. The normalized spacial score (nSPS) is 28.4. The lowest BCUT2D eigenvalue weighted by molar-refractivity contribution is -0.359. The van der Waals surface area contributed by atoms with E-state index in [1.54, 1.807) is 6.08 Å². The van der Waals surface area contributed by atoms with Crippen molar-refractivity contribution in [3.63, 3.8) is 0 Å². The average molecular weight is 870 g/mol. The number of aliphatic hydroxyl groups is 8. The molecular weight excluding hydrogens is 787 g/mol. The predicted molar refractivity (Wildman–Crippen MR) is 235 cm³/mol. The Morgan fingerprint density at radius 3 is 1.75 bits per heavy atom. The van der Waals surface area contributed by atoms with Crippen LogP contribution >= 0.6 is 0 Å². The molecule has 9 N–H and O–H groups in total. The molecule has 0 spiro atoms. The van der Waals surface area contributed by atoms with Gasteiger partial charge in [-0.2, -0.15) is 0 Å². The highest BCUT2D eigenvalue weighted by Crippen LogP contribution is 2.30. The molecule has 12 atom stereocenters. The van der Waals surface area contributed by atoms with Crippen molar-refractivity contribution < 1.29 is 64.6 Å². The van der Waals surface area contributed by atoms with E-state index in [0.717, 1.165) is 57.8 Å². The smallest absolute Gasteiger partial charge is 0.220 e.